The molecule has 3 aromatic carbocycles. The Bertz CT molecular complexity index is 1220. The van der Waals surface area contributed by atoms with Crippen molar-refractivity contribution in [1.82, 2.24) is 0 Å². The van der Waals surface area contributed by atoms with Crippen LogP contribution in [0, 0.1) is 0 Å². The molecule has 2 nitrogen and oxygen atoms in total. The minimum Gasteiger partial charge on any atom is -0.289 e. The van der Waals surface area contributed by atoms with E-state index in [9.17, 15) is 9.59 Å². The second kappa shape index (κ2) is 5.63. The molecule has 0 saturated heterocycles. The van der Waals surface area contributed by atoms with Gasteiger partial charge in [0.05, 0.1) is 5.56 Å². The highest BCUT2D eigenvalue weighted by atomic mass is 35.5. The molecule has 0 spiro atoms. The third-order valence-electron chi connectivity index (χ3n) is 4.78. The molecule has 1 aliphatic carbocycles. The van der Waals surface area contributed by atoms with Gasteiger partial charge in [0.1, 0.15) is 0 Å². The lowest BCUT2D eigenvalue weighted by Gasteiger charge is -2.19. The number of carbonyl (C=O) groups excluding carboxylic acids is 2. The monoisotopic (exact) mass is 374 g/mol. The van der Waals surface area contributed by atoms with Crippen LogP contribution in [0.15, 0.2) is 66.0 Å². The van der Waals surface area contributed by atoms with Crippen LogP contribution in [0.3, 0.4) is 0 Å². The fourth-order valence-corrected chi connectivity index (χ4v) is 4.65. The standard InChI is InChI=1S/C22H11ClO2S/c23-13-7-5-12(6-8-13)17-11-18-19(22-16(17)9-10-26-22)21(25)15-4-2-1-3-14(15)20(18)24/h1-11H. The summed E-state index contributed by atoms with van der Waals surface area (Å²) in [6.07, 6.45) is 0. The minimum atomic E-state index is -0.0966. The molecule has 0 radical (unpaired) electrons. The lowest BCUT2D eigenvalue weighted by atomic mass is 9.82. The van der Waals surface area contributed by atoms with Gasteiger partial charge in [0, 0.05) is 31.8 Å². The van der Waals surface area contributed by atoms with E-state index in [0.29, 0.717) is 27.3 Å². The zero-order chi connectivity index (χ0) is 17.8. The van der Waals surface area contributed by atoms with E-state index in [4.69, 9.17) is 11.6 Å². The number of ketones is 2. The zero-order valence-corrected chi connectivity index (χ0v) is 15.0. The molecule has 0 saturated carbocycles. The lowest BCUT2D eigenvalue weighted by Crippen LogP contribution is -2.21. The minimum absolute atomic E-state index is 0.0784. The average molecular weight is 375 g/mol. The van der Waals surface area contributed by atoms with Crippen LogP contribution < -0.4 is 0 Å². The number of halogens is 1. The van der Waals surface area contributed by atoms with Gasteiger partial charge in [-0.05, 0) is 40.8 Å². The van der Waals surface area contributed by atoms with Crippen LogP contribution >= 0.6 is 22.9 Å². The molecule has 5 rings (SSSR count). The SMILES string of the molecule is O=C1c2ccccc2C(=O)c2c1cc(-c1ccc(Cl)cc1)c1ccsc21. The Labute approximate surface area is 158 Å². The normalized spacial score (nSPS) is 13.0. The first-order chi connectivity index (χ1) is 12.6. The van der Waals surface area contributed by atoms with Crippen molar-refractivity contribution in [2.45, 2.75) is 0 Å². The van der Waals surface area contributed by atoms with Crippen LogP contribution in [0.25, 0.3) is 21.2 Å². The van der Waals surface area contributed by atoms with Crippen molar-refractivity contribution in [2.24, 2.45) is 0 Å². The predicted octanol–water partition coefficient (Wildman–Crippen LogP) is 6.00. The molecule has 124 valence electrons. The fraction of sp³-hybridized carbons (Fsp3) is 0. The fourth-order valence-electron chi connectivity index (χ4n) is 3.56. The molecule has 1 aromatic heterocycles. The van der Waals surface area contributed by atoms with Gasteiger partial charge in [0.25, 0.3) is 0 Å². The molecule has 0 N–H and O–H groups in total. The van der Waals surface area contributed by atoms with E-state index in [1.54, 1.807) is 24.3 Å². The first kappa shape index (κ1) is 15.5. The first-order valence-electron chi connectivity index (χ1n) is 8.14. The Hall–Kier alpha value is -2.75. The van der Waals surface area contributed by atoms with Gasteiger partial charge in [-0.3, -0.25) is 9.59 Å². The van der Waals surface area contributed by atoms with Gasteiger partial charge in [0.2, 0.25) is 0 Å². The number of hydrogen-bond acceptors (Lipinski definition) is 3. The van der Waals surface area contributed by atoms with E-state index in [1.165, 1.54) is 11.3 Å². The summed E-state index contributed by atoms with van der Waals surface area (Å²) in [6, 6.07) is 18.4. The van der Waals surface area contributed by atoms with Gasteiger partial charge in [-0.2, -0.15) is 0 Å². The maximum absolute atomic E-state index is 13.1. The summed E-state index contributed by atoms with van der Waals surface area (Å²) in [5.74, 6) is -0.175. The molecular weight excluding hydrogens is 364 g/mol. The van der Waals surface area contributed by atoms with E-state index in [-0.39, 0.29) is 11.6 Å². The first-order valence-corrected chi connectivity index (χ1v) is 9.39. The largest absolute Gasteiger partial charge is 0.289 e. The molecule has 0 fully saturated rings. The molecule has 4 heteroatoms. The van der Waals surface area contributed by atoms with Crippen molar-refractivity contribution < 1.29 is 9.59 Å². The van der Waals surface area contributed by atoms with Crippen LogP contribution in [0.4, 0.5) is 0 Å². The quantitative estimate of drug-likeness (QED) is 0.360. The van der Waals surface area contributed by atoms with E-state index in [0.717, 1.165) is 21.2 Å². The summed E-state index contributed by atoms with van der Waals surface area (Å²) in [6.45, 7) is 0. The molecule has 0 aliphatic heterocycles. The van der Waals surface area contributed by atoms with E-state index >= 15 is 0 Å². The molecule has 4 aromatic rings. The van der Waals surface area contributed by atoms with E-state index in [2.05, 4.69) is 0 Å². The maximum Gasteiger partial charge on any atom is 0.195 e. The Morgan fingerprint density at radius 1 is 0.731 bits per heavy atom. The number of fused-ring (bicyclic) bond motifs is 4. The van der Waals surface area contributed by atoms with Gasteiger partial charge >= 0.3 is 0 Å². The molecule has 1 heterocycles. The highest BCUT2D eigenvalue weighted by Crippen LogP contribution is 2.40. The Balaban J connectivity index is 1.85. The lowest BCUT2D eigenvalue weighted by molar-refractivity contribution is 0.0980. The number of benzene rings is 3. The van der Waals surface area contributed by atoms with Crippen LogP contribution in [-0.2, 0) is 0 Å². The van der Waals surface area contributed by atoms with E-state index < -0.39 is 0 Å². The van der Waals surface area contributed by atoms with Crippen molar-refractivity contribution in [3.05, 3.63) is 93.3 Å². The van der Waals surface area contributed by atoms with Crippen LogP contribution in [-0.4, -0.2) is 11.6 Å². The van der Waals surface area contributed by atoms with Crippen molar-refractivity contribution >= 4 is 44.6 Å². The Morgan fingerprint density at radius 2 is 1.42 bits per heavy atom. The van der Waals surface area contributed by atoms with Crippen molar-refractivity contribution in [3.8, 4) is 11.1 Å². The number of carbonyl (C=O) groups is 2. The van der Waals surface area contributed by atoms with Gasteiger partial charge in [-0.15, -0.1) is 11.3 Å². The third kappa shape index (κ3) is 2.11. The maximum atomic E-state index is 13.1. The molecule has 0 unspecified atom stereocenters. The highest BCUT2D eigenvalue weighted by molar-refractivity contribution is 7.17. The number of rotatable bonds is 1. The molecule has 26 heavy (non-hydrogen) atoms. The van der Waals surface area contributed by atoms with Gasteiger partial charge in [-0.1, -0.05) is 48.0 Å². The molecule has 0 atom stereocenters. The van der Waals surface area contributed by atoms with Crippen LogP contribution in [0.5, 0.6) is 0 Å². The highest BCUT2D eigenvalue weighted by Gasteiger charge is 2.32. The average Bonchev–Trinajstić information content (AvgIpc) is 3.15. The second-order valence-corrected chi connectivity index (χ2v) is 7.57. The van der Waals surface area contributed by atoms with Crippen molar-refractivity contribution in [3.63, 3.8) is 0 Å². The predicted molar refractivity (Wildman–Crippen MR) is 106 cm³/mol. The second-order valence-electron chi connectivity index (χ2n) is 6.22. The number of thiophene rings is 1. The van der Waals surface area contributed by atoms with Gasteiger partial charge in [0.15, 0.2) is 11.6 Å². The van der Waals surface area contributed by atoms with Crippen molar-refractivity contribution in [1.29, 1.82) is 0 Å². The van der Waals surface area contributed by atoms with Gasteiger partial charge < -0.3 is 0 Å². The summed E-state index contributed by atoms with van der Waals surface area (Å²) in [5.41, 5.74) is 3.88. The number of hydrogen-bond donors (Lipinski definition) is 0. The molecule has 1 aliphatic rings. The van der Waals surface area contributed by atoms with Crippen LogP contribution in [0.1, 0.15) is 31.8 Å². The van der Waals surface area contributed by atoms with E-state index in [1.807, 2.05) is 41.8 Å². The summed E-state index contributed by atoms with van der Waals surface area (Å²) >= 11 is 7.51. The molecule has 0 amide bonds. The topological polar surface area (TPSA) is 34.1 Å². The van der Waals surface area contributed by atoms with Crippen LogP contribution in [0.2, 0.25) is 5.02 Å². The Kier molecular flexibility index (Phi) is 3.36. The third-order valence-corrected chi connectivity index (χ3v) is 5.97. The molecule has 0 bridgehead atoms. The summed E-state index contributed by atoms with van der Waals surface area (Å²) in [7, 11) is 0. The molecular formula is C22H11ClO2S. The Morgan fingerprint density at radius 3 is 2.15 bits per heavy atom. The zero-order valence-electron chi connectivity index (χ0n) is 13.5. The summed E-state index contributed by atoms with van der Waals surface area (Å²) < 4.78 is 0.861. The van der Waals surface area contributed by atoms with Crippen molar-refractivity contribution in [2.75, 3.05) is 0 Å². The summed E-state index contributed by atoms with van der Waals surface area (Å²) in [4.78, 5) is 26.2. The summed E-state index contributed by atoms with van der Waals surface area (Å²) in [5, 5.41) is 3.60. The van der Waals surface area contributed by atoms with Gasteiger partial charge in [-0.25, -0.2) is 0 Å². The smallest absolute Gasteiger partial charge is 0.195 e.